The number of aryl methyl sites for hydroxylation is 1. The van der Waals surface area contributed by atoms with Crippen LogP contribution < -0.4 is 5.32 Å². The van der Waals surface area contributed by atoms with Gasteiger partial charge in [-0.3, -0.25) is 4.98 Å². The standard InChI is InChI=1S/C11H16N2/c1-10-6-7-11(13-9-10)5-3-4-8-12-2/h3,5-7,9,12H,4,8H2,1-2H3. The lowest BCUT2D eigenvalue weighted by Gasteiger charge is -1.94. The van der Waals surface area contributed by atoms with Gasteiger partial charge in [-0.1, -0.05) is 12.1 Å². The minimum absolute atomic E-state index is 1.02. The first kappa shape index (κ1) is 9.93. The summed E-state index contributed by atoms with van der Waals surface area (Å²) in [6.07, 6.45) is 7.12. The van der Waals surface area contributed by atoms with E-state index in [4.69, 9.17) is 0 Å². The van der Waals surface area contributed by atoms with Crippen LogP contribution in [0.4, 0.5) is 0 Å². The summed E-state index contributed by atoms with van der Waals surface area (Å²) >= 11 is 0. The monoisotopic (exact) mass is 176 g/mol. The first-order valence-electron chi connectivity index (χ1n) is 4.56. The van der Waals surface area contributed by atoms with Crippen molar-refractivity contribution >= 4 is 6.08 Å². The van der Waals surface area contributed by atoms with Crippen LogP contribution in [0.25, 0.3) is 6.08 Å². The zero-order valence-electron chi connectivity index (χ0n) is 8.25. The van der Waals surface area contributed by atoms with Gasteiger partial charge < -0.3 is 5.32 Å². The van der Waals surface area contributed by atoms with Crippen LogP contribution in [-0.2, 0) is 0 Å². The van der Waals surface area contributed by atoms with E-state index in [9.17, 15) is 0 Å². The van der Waals surface area contributed by atoms with Gasteiger partial charge in [0.25, 0.3) is 0 Å². The molecule has 0 aromatic carbocycles. The van der Waals surface area contributed by atoms with Crippen molar-refractivity contribution in [3.05, 3.63) is 35.7 Å². The van der Waals surface area contributed by atoms with Gasteiger partial charge in [0, 0.05) is 6.20 Å². The fourth-order valence-corrected chi connectivity index (χ4v) is 1.01. The van der Waals surface area contributed by atoms with Crippen LogP contribution in [0.15, 0.2) is 24.4 Å². The van der Waals surface area contributed by atoms with Crippen LogP contribution in [0.1, 0.15) is 17.7 Å². The van der Waals surface area contributed by atoms with Crippen LogP contribution in [0, 0.1) is 6.92 Å². The Morgan fingerprint density at radius 1 is 1.46 bits per heavy atom. The molecule has 1 aromatic rings. The summed E-state index contributed by atoms with van der Waals surface area (Å²) in [4.78, 5) is 4.27. The van der Waals surface area contributed by atoms with Crippen molar-refractivity contribution < 1.29 is 0 Å². The fourth-order valence-electron chi connectivity index (χ4n) is 1.01. The number of hydrogen-bond donors (Lipinski definition) is 1. The molecule has 2 nitrogen and oxygen atoms in total. The van der Waals surface area contributed by atoms with Gasteiger partial charge in [-0.05, 0) is 44.6 Å². The van der Waals surface area contributed by atoms with E-state index in [1.54, 1.807) is 0 Å². The van der Waals surface area contributed by atoms with Crippen molar-refractivity contribution in [3.8, 4) is 0 Å². The van der Waals surface area contributed by atoms with E-state index in [-0.39, 0.29) is 0 Å². The Balaban J connectivity index is 2.44. The van der Waals surface area contributed by atoms with Gasteiger partial charge in [-0.2, -0.15) is 0 Å². The summed E-state index contributed by atoms with van der Waals surface area (Å²) in [6.45, 7) is 3.06. The van der Waals surface area contributed by atoms with Gasteiger partial charge in [0.05, 0.1) is 5.69 Å². The Morgan fingerprint density at radius 3 is 2.92 bits per heavy atom. The highest BCUT2D eigenvalue weighted by molar-refractivity contribution is 5.44. The minimum atomic E-state index is 1.02. The molecule has 1 rings (SSSR count). The fraction of sp³-hybridized carbons (Fsp3) is 0.364. The molecule has 0 aliphatic carbocycles. The molecule has 0 saturated carbocycles. The Hall–Kier alpha value is -1.15. The molecular weight excluding hydrogens is 160 g/mol. The molecule has 13 heavy (non-hydrogen) atoms. The predicted molar refractivity (Wildman–Crippen MR) is 56.6 cm³/mol. The Morgan fingerprint density at radius 2 is 2.31 bits per heavy atom. The third-order valence-corrected chi connectivity index (χ3v) is 1.78. The molecule has 0 fully saturated rings. The molecule has 0 saturated heterocycles. The third-order valence-electron chi connectivity index (χ3n) is 1.78. The zero-order valence-corrected chi connectivity index (χ0v) is 8.25. The van der Waals surface area contributed by atoms with E-state index in [2.05, 4.69) is 28.5 Å². The second-order valence-corrected chi connectivity index (χ2v) is 3.06. The molecule has 0 atom stereocenters. The number of nitrogens with one attached hydrogen (secondary N) is 1. The molecule has 70 valence electrons. The first-order chi connectivity index (χ1) is 6.33. The maximum atomic E-state index is 4.27. The van der Waals surface area contributed by atoms with Crippen molar-refractivity contribution in [2.45, 2.75) is 13.3 Å². The molecular formula is C11H16N2. The maximum Gasteiger partial charge on any atom is 0.0626 e. The quantitative estimate of drug-likeness (QED) is 0.710. The summed E-state index contributed by atoms with van der Waals surface area (Å²) in [6, 6.07) is 4.11. The van der Waals surface area contributed by atoms with E-state index >= 15 is 0 Å². The molecule has 0 amide bonds. The number of nitrogens with zero attached hydrogens (tertiary/aromatic N) is 1. The highest BCUT2D eigenvalue weighted by Crippen LogP contribution is 2.00. The summed E-state index contributed by atoms with van der Waals surface area (Å²) in [5.74, 6) is 0. The Kier molecular flexibility index (Phi) is 4.19. The average molecular weight is 176 g/mol. The van der Waals surface area contributed by atoms with E-state index in [1.807, 2.05) is 26.2 Å². The number of hydrogen-bond acceptors (Lipinski definition) is 2. The van der Waals surface area contributed by atoms with Crippen LogP contribution in [0.3, 0.4) is 0 Å². The molecule has 1 aromatic heterocycles. The van der Waals surface area contributed by atoms with Gasteiger partial charge in [-0.25, -0.2) is 0 Å². The molecule has 0 unspecified atom stereocenters. The summed E-state index contributed by atoms with van der Waals surface area (Å²) in [5, 5.41) is 3.09. The van der Waals surface area contributed by atoms with Crippen molar-refractivity contribution in [2.24, 2.45) is 0 Å². The molecule has 0 aliphatic rings. The van der Waals surface area contributed by atoms with Crippen molar-refractivity contribution in [1.29, 1.82) is 0 Å². The van der Waals surface area contributed by atoms with Crippen LogP contribution >= 0.6 is 0 Å². The lowest BCUT2D eigenvalue weighted by Crippen LogP contribution is -2.05. The second kappa shape index (κ2) is 5.49. The number of aromatic nitrogens is 1. The normalized spacial score (nSPS) is 10.9. The molecule has 1 N–H and O–H groups in total. The number of pyridine rings is 1. The van der Waals surface area contributed by atoms with Gasteiger partial charge in [0.1, 0.15) is 0 Å². The van der Waals surface area contributed by atoms with E-state index in [1.165, 1.54) is 5.56 Å². The molecule has 0 radical (unpaired) electrons. The minimum Gasteiger partial charge on any atom is -0.319 e. The highest BCUT2D eigenvalue weighted by Gasteiger charge is 1.86. The highest BCUT2D eigenvalue weighted by atomic mass is 14.8. The number of rotatable bonds is 4. The lowest BCUT2D eigenvalue weighted by atomic mass is 10.2. The Labute approximate surface area is 79.7 Å². The first-order valence-corrected chi connectivity index (χ1v) is 4.56. The predicted octanol–water partition coefficient (Wildman–Crippen LogP) is 2.01. The molecule has 2 heteroatoms. The van der Waals surface area contributed by atoms with Gasteiger partial charge in [0.15, 0.2) is 0 Å². The average Bonchev–Trinajstić information content (AvgIpc) is 2.15. The Bertz CT molecular complexity index is 262. The topological polar surface area (TPSA) is 24.9 Å². The third kappa shape index (κ3) is 3.85. The maximum absolute atomic E-state index is 4.27. The van der Waals surface area contributed by atoms with E-state index in [0.29, 0.717) is 0 Å². The smallest absolute Gasteiger partial charge is 0.0626 e. The molecule has 0 bridgehead atoms. The summed E-state index contributed by atoms with van der Waals surface area (Å²) in [5.41, 5.74) is 2.23. The van der Waals surface area contributed by atoms with E-state index in [0.717, 1.165) is 18.7 Å². The van der Waals surface area contributed by atoms with Crippen molar-refractivity contribution in [1.82, 2.24) is 10.3 Å². The summed E-state index contributed by atoms with van der Waals surface area (Å²) < 4.78 is 0. The lowest BCUT2D eigenvalue weighted by molar-refractivity contribution is 0.809. The van der Waals surface area contributed by atoms with Crippen molar-refractivity contribution in [2.75, 3.05) is 13.6 Å². The zero-order chi connectivity index (χ0) is 9.52. The second-order valence-electron chi connectivity index (χ2n) is 3.06. The molecule has 0 spiro atoms. The SMILES string of the molecule is CNCCC=Cc1ccc(C)cn1. The van der Waals surface area contributed by atoms with Gasteiger partial charge in [0.2, 0.25) is 0 Å². The van der Waals surface area contributed by atoms with Gasteiger partial charge >= 0.3 is 0 Å². The largest absolute Gasteiger partial charge is 0.319 e. The van der Waals surface area contributed by atoms with Crippen molar-refractivity contribution in [3.63, 3.8) is 0 Å². The van der Waals surface area contributed by atoms with Crippen LogP contribution in [0.2, 0.25) is 0 Å². The molecule has 0 aliphatic heterocycles. The van der Waals surface area contributed by atoms with Crippen LogP contribution in [-0.4, -0.2) is 18.6 Å². The van der Waals surface area contributed by atoms with Crippen LogP contribution in [0.5, 0.6) is 0 Å². The summed E-state index contributed by atoms with van der Waals surface area (Å²) in [7, 11) is 1.96. The van der Waals surface area contributed by atoms with E-state index < -0.39 is 0 Å². The molecule has 1 heterocycles. The van der Waals surface area contributed by atoms with Gasteiger partial charge in [-0.15, -0.1) is 0 Å².